The monoisotopic (exact) mass is 430 g/mol. The molecule has 2 aromatic carbocycles. The number of anilines is 1. The largest absolute Gasteiger partial charge is 0.416 e. The standard InChI is InChI=1S/C22H21F3N4O2/c23-22(24,25)17-11-9-16(10-12-17)19(30)26-18(15-7-3-1-4-8-15)20-27-28-21(31-20)29-13-5-2-6-14-29/h1,3-4,7-12,18H,2,5-6,13-14H2,(H,26,30). The van der Waals surface area contributed by atoms with Crippen molar-refractivity contribution in [2.45, 2.75) is 31.5 Å². The third-order valence-electron chi connectivity index (χ3n) is 5.19. The van der Waals surface area contributed by atoms with Crippen molar-refractivity contribution in [3.63, 3.8) is 0 Å². The van der Waals surface area contributed by atoms with Crippen molar-refractivity contribution < 1.29 is 22.4 Å². The molecule has 1 aliphatic rings. The van der Waals surface area contributed by atoms with E-state index in [0.717, 1.165) is 62.2 Å². The van der Waals surface area contributed by atoms with Gasteiger partial charge in [0, 0.05) is 18.7 Å². The Morgan fingerprint density at radius 3 is 2.29 bits per heavy atom. The average molecular weight is 430 g/mol. The van der Waals surface area contributed by atoms with Gasteiger partial charge in [0.1, 0.15) is 6.04 Å². The van der Waals surface area contributed by atoms with Gasteiger partial charge in [-0.2, -0.15) is 13.2 Å². The number of hydrogen-bond acceptors (Lipinski definition) is 5. The van der Waals surface area contributed by atoms with Gasteiger partial charge in [-0.1, -0.05) is 35.4 Å². The molecule has 0 saturated carbocycles. The fraction of sp³-hybridized carbons (Fsp3) is 0.318. The molecule has 3 aromatic rings. The fourth-order valence-electron chi connectivity index (χ4n) is 3.51. The normalized spacial score (nSPS) is 15.5. The molecule has 1 amide bonds. The molecule has 1 aliphatic heterocycles. The third-order valence-corrected chi connectivity index (χ3v) is 5.19. The van der Waals surface area contributed by atoms with Gasteiger partial charge in [0.2, 0.25) is 5.89 Å². The van der Waals surface area contributed by atoms with Crippen molar-refractivity contribution in [1.82, 2.24) is 15.5 Å². The third kappa shape index (κ3) is 4.87. The molecular weight excluding hydrogens is 409 g/mol. The minimum Gasteiger partial charge on any atom is -0.405 e. The first kappa shape index (κ1) is 20.9. The van der Waals surface area contributed by atoms with Crippen LogP contribution in [0.15, 0.2) is 59.0 Å². The van der Waals surface area contributed by atoms with Gasteiger partial charge in [-0.05, 0) is 49.1 Å². The Morgan fingerprint density at radius 2 is 1.65 bits per heavy atom. The predicted molar refractivity (Wildman–Crippen MR) is 108 cm³/mol. The summed E-state index contributed by atoms with van der Waals surface area (Å²) in [6, 6.07) is 12.8. The number of halogens is 3. The molecule has 6 nitrogen and oxygen atoms in total. The molecule has 2 heterocycles. The lowest BCUT2D eigenvalue weighted by Gasteiger charge is -2.24. The zero-order valence-electron chi connectivity index (χ0n) is 16.6. The van der Waals surface area contributed by atoms with Crippen molar-refractivity contribution in [3.8, 4) is 0 Å². The van der Waals surface area contributed by atoms with Crippen LogP contribution < -0.4 is 10.2 Å². The summed E-state index contributed by atoms with van der Waals surface area (Å²) in [5.41, 5.74) is 0.00744. The highest BCUT2D eigenvalue weighted by Crippen LogP contribution is 2.29. The van der Waals surface area contributed by atoms with Gasteiger partial charge in [-0.3, -0.25) is 4.79 Å². The van der Waals surface area contributed by atoms with E-state index in [1.807, 2.05) is 35.2 Å². The first-order valence-electron chi connectivity index (χ1n) is 10.0. The molecule has 1 saturated heterocycles. The van der Waals surface area contributed by atoms with Crippen molar-refractivity contribution in [3.05, 3.63) is 77.2 Å². The molecule has 162 valence electrons. The minimum absolute atomic E-state index is 0.102. The highest BCUT2D eigenvalue weighted by Gasteiger charge is 2.31. The molecule has 9 heteroatoms. The van der Waals surface area contributed by atoms with Crippen LogP contribution in [0, 0.1) is 0 Å². The fourth-order valence-corrected chi connectivity index (χ4v) is 3.51. The second-order valence-corrected chi connectivity index (χ2v) is 7.36. The van der Waals surface area contributed by atoms with Gasteiger partial charge in [-0.15, -0.1) is 5.10 Å². The van der Waals surface area contributed by atoms with Crippen LogP contribution in [-0.2, 0) is 6.18 Å². The molecular formula is C22H21F3N4O2. The molecule has 1 fully saturated rings. The summed E-state index contributed by atoms with van der Waals surface area (Å²) < 4.78 is 44.3. The van der Waals surface area contributed by atoms with Gasteiger partial charge >= 0.3 is 12.2 Å². The lowest BCUT2D eigenvalue weighted by atomic mass is 10.1. The second-order valence-electron chi connectivity index (χ2n) is 7.36. The highest BCUT2D eigenvalue weighted by atomic mass is 19.4. The van der Waals surface area contributed by atoms with Crippen LogP contribution in [0.25, 0.3) is 0 Å². The van der Waals surface area contributed by atoms with E-state index in [4.69, 9.17) is 4.42 Å². The maximum atomic E-state index is 12.8. The number of nitrogens with one attached hydrogen (secondary N) is 1. The van der Waals surface area contributed by atoms with Crippen LogP contribution in [-0.4, -0.2) is 29.2 Å². The Morgan fingerprint density at radius 1 is 0.968 bits per heavy atom. The first-order chi connectivity index (χ1) is 14.9. The molecule has 0 aliphatic carbocycles. The molecule has 1 atom stereocenters. The van der Waals surface area contributed by atoms with Gasteiger partial charge in [0.25, 0.3) is 5.91 Å². The van der Waals surface area contributed by atoms with E-state index in [1.54, 1.807) is 0 Å². The number of alkyl halides is 3. The van der Waals surface area contributed by atoms with Crippen molar-refractivity contribution >= 4 is 11.9 Å². The van der Waals surface area contributed by atoms with E-state index in [1.165, 1.54) is 0 Å². The lowest BCUT2D eigenvalue weighted by Crippen LogP contribution is -2.30. The molecule has 31 heavy (non-hydrogen) atoms. The number of nitrogens with zero attached hydrogens (tertiary/aromatic N) is 3. The van der Waals surface area contributed by atoms with Crippen molar-refractivity contribution in [2.24, 2.45) is 0 Å². The zero-order valence-corrected chi connectivity index (χ0v) is 16.6. The van der Waals surface area contributed by atoms with Gasteiger partial charge in [0.15, 0.2) is 0 Å². The SMILES string of the molecule is O=C(NC(c1ccccc1)c1nnc(N2CCCCC2)o1)c1ccc(C(F)(F)F)cc1. The Labute approximate surface area is 177 Å². The lowest BCUT2D eigenvalue weighted by molar-refractivity contribution is -0.137. The Balaban J connectivity index is 1.58. The summed E-state index contributed by atoms with van der Waals surface area (Å²) in [7, 11) is 0. The summed E-state index contributed by atoms with van der Waals surface area (Å²) in [6.07, 6.45) is -1.21. The highest BCUT2D eigenvalue weighted by molar-refractivity contribution is 5.94. The van der Waals surface area contributed by atoms with Crippen molar-refractivity contribution in [2.75, 3.05) is 18.0 Å². The smallest absolute Gasteiger partial charge is 0.405 e. The first-order valence-corrected chi connectivity index (χ1v) is 10.0. The van der Waals surface area contributed by atoms with E-state index < -0.39 is 23.7 Å². The van der Waals surface area contributed by atoms with Crippen LogP contribution >= 0.6 is 0 Å². The number of rotatable bonds is 5. The maximum Gasteiger partial charge on any atom is 0.416 e. The Kier molecular flexibility index (Phi) is 5.92. The van der Waals surface area contributed by atoms with Crippen molar-refractivity contribution in [1.29, 1.82) is 0 Å². The summed E-state index contributed by atoms with van der Waals surface area (Å²) >= 11 is 0. The van der Waals surface area contributed by atoms with E-state index in [2.05, 4.69) is 15.5 Å². The number of carbonyl (C=O) groups is 1. The molecule has 1 unspecified atom stereocenters. The summed E-state index contributed by atoms with van der Waals surface area (Å²) in [4.78, 5) is 14.8. The maximum absolute atomic E-state index is 12.8. The number of carbonyl (C=O) groups excluding carboxylic acids is 1. The molecule has 0 bridgehead atoms. The van der Waals surface area contributed by atoms with Gasteiger partial charge in [-0.25, -0.2) is 0 Å². The van der Waals surface area contributed by atoms with E-state index >= 15 is 0 Å². The van der Waals surface area contributed by atoms with Crippen LogP contribution in [0.4, 0.5) is 19.2 Å². The molecule has 1 N–H and O–H groups in total. The molecule has 0 radical (unpaired) electrons. The summed E-state index contributed by atoms with van der Waals surface area (Å²) in [5.74, 6) is -0.327. The Bertz CT molecular complexity index is 1010. The number of benzene rings is 2. The van der Waals surface area contributed by atoms with Crippen LogP contribution in [0.3, 0.4) is 0 Å². The van der Waals surface area contributed by atoms with E-state index in [9.17, 15) is 18.0 Å². The minimum atomic E-state index is -4.46. The van der Waals surface area contributed by atoms with Gasteiger partial charge < -0.3 is 14.6 Å². The zero-order chi connectivity index (χ0) is 21.8. The summed E-state index contributed by atoms with van der Waals surface area (Å²) in [6.45, 7) is 1.66. The number of aromatic nitrogens is 2. The van der Waals surface area contributed by atoms with E-state index in [0.29, 0.717) is 6.01 Å². The Hall–Kier alpha value is -3.36. The number of amides is 1. The predicted octanol–water partition coefficient (Wildman–Crippen LogP) is 4.60. The van der Waals surface area contributed by atoms with E-state index in [-0.39, 0.29) is 11.5 Å². The van der Waals surface area contributed by atoms with Crippen LogP contribution in [0.2, 0.25) is 0 Å². The van der Waals surface area contributed by atoms with Gasteiger partial charge in [0.05, 0.1) is 5.56 Å². The topological polar surface area (TPSA) is 71.3 Å². The second kappa shape index (κ2) is 8.79. The average Bonchev–Trinajstić information content (AvgIpc) is 3.28. The van der Waals surface area contributed by atoms with Crippen LogP contribution in [0.5, 0.6) is 0 Å². The number of hydrogen-bond donors (Lipinski definition) is 1. The molecule has 4 rings (SSSR count). The quantitative estimate of drug-likeness (QED) is 0.641. The molecule has 1 aromatic heterocycles. The van der Waals surface area contributed by atoms with Crippen LogP contribution in [0.1, 0.15) is 52.7 Å². The number of piperidine rings is 1. The summed E-state index contributed by atoms with van der Waals surface area (Å²) in [5, 5.41) is 11.1. The molecule has 0 spiro atoms.